The molecule has 5 heteroatoms. The van der Waals surface area contributed by atoms with Crippen molar-refractivity contribution in [3.63, 3.8) is 0 Å². The molecule has 0 aromatic heterocycles. The largest absolute Gasteiger partial charge is 0.452 e. The van der Waals surface area contributed by atoms with Crippen molar-refractivity contribution < 1.29 is 18.7 Å². The minimum atomic E-state index is -0.913. The van der Waals surface area contributed by atoms with Gasteiger partial charge in [-0.25, -0.2) is 4.39 Å². The molecule has 0 bridgehead atoms. The smallest absolute Gasteiger partial charge is 0.311 e. The van der Waals surface area contributed by atoms with Gasteiger partial charge in [-0.3, -0.25) is 9.59 Å². The zero-order valence-electron chi connectivity index (χ0n) is 13.0. The number of hydrogen-bond acceptors (Lipinski definition) is 3. The van der Waals surface area contributed by atoms with Crippen LogP contribution in [0, 0.1) is 12.7 Å². The highest BCUT2D eigenvalue weighted by Gasteiger charge is 2.18. The van der Waals surface area contributed by atoms with Crippen LogP contribution in [0.15, 0.2) is 48.5 Å². The predicted octanol–water partition coefficient (Wildman–Crippen LogP) is 3.25. The third-order valence-electron chi connectivity index (χ3n) is 3.22. The molecule has 0 aliphatic carbocycles. The molecule has 0 aliphatic rings. The number of amides is 1. The Morgan fingerprint density at radius 1 is 1.17 bits per heavy atom. The maximum absolute atomic E-state index is 12.8. The van der Waals surface area contributed by atoms with Crippen LogP contribution in [0.1, 0.15) is 18.1 Å². The lowest BCUT2D eigenvalue weighted by atomic mass is 10.1. The Hall–Kier alpha value is -2.69. The fourth-order valence-corrected chi connectivity index (χ4v) is 2.03. The normalized spacial score (nSPS) is 11.6. The van der Waals surface area contributed by atoms with Crippen molar-refractivity contribution in [1.29, 1.82) is 0 Å². The van der Waals surface area contributed by atoms with E-state index in [-0.39, 0.29) is 12.2 Å². The third-order valence-corrected chi connectivity index (χ3v) is 3.22. The minimum Gasteiger partial charge on any atom is -0.452 e. The summed E-state index contributed by atoms with van der Waals surface area (Å²) in [6, 6.07) is 12.9. The molecule has 0 radical (unpaired) electrons. The standard InChI is InChI=1S/C18H18FNO3/c1-12-4-3-5-16(10-12)20-18(22)13(2)23-17(21)11-14-6-8-15(19)9-7-14/h3-10,13H,11H2,1-2H3,(H,20,22)/t13-/m1/s1. The molecule has 23 heavy (non-hydrogen) atoms. The van der Waals surface area contributed by atoms with Crippen molar-refractivity contribution in [2.24, 2.45) is 0 Å². The summed E-state index contributed by atoms with van der Waals surface area (Å²) in [6.07, 6.45) is -0.925. The first kappa shape index (κ1) is 16.7. The van der Waals surface area contributed by atoms with Gasteiger partial charge in [-0.05, 0) is 49.2 Å². The van der Waals surface area contributed by atoms with E-state index in [2.05, 4.69) is 5.32 Å². The number of carbonyl (C=O) groups excluding carboxylic acids is 2. The van der Waals surface area contributed by atoms with E-state index < -0.39 is 18.0 Å². The molecule has 1 amide bonds. The van der Waals surface area contributed by atoms with Gasteiger partial charge >= 0.3 is 5.97 Å². The molecule has 0 fully saturated rings. The number of esters is 1. The van der Waals surface area contributed by atoms with Crippen LogP contribution in [0.3, 0.4) is 0 Å². The van der Waals surface area contributed by atoms with Crippen molar-refractivity contribution in [1.82, 2.24) is 0 Å². The fourth-order valence-electron chi connectivity index (χ4n) is 2.03. The monoisotopic (exact) mass is 315 g/mol. The zero-order valence-corrected chi connectivity index (χ0v) is 13.0. The third kappa shape index (κ3) is 5.21. The van der Waals surface area contributed by atoms with Crippen molar-refractivity contribution in [3.8, 4) is 0 Å². The molecule has 2 aromatic carbocycles. The summed E-state index contributed by atoms with van der Waals surface area (Å²) < 4.78 is 17.9. The zero-order chi connectivity index (χ0) is 16.8. The highest BCUT2D eigenvalue weighted by atomic mass is 19.1. The highest BCUT2D eigenvalue weighted by Crippen LogP contribution is 2.11. The molecule has 0 saturated carbocycles. The van der Waals surface area contributed by atoms with Crippen LogP contribution in [0.4, 0.5) is 10.1 Å². The number of aryl methyl sites for hydroxylation is 1. The Bertz CT molecular complexity index is 698. The first-order valence-corrected chi connectivity index (χ1v) is 7.25. The summed E-state index contributed by atoms with van der Waals surface area (Å²) in [5.74, 6) is -1.31. The molecule has 0 saturated heterocycles. The molecule has 2 aromatic rings. The van der Waals surface area contributed by atoms with Crippen LogP contribution in [0.5, 0.6) is 0 Å². The van der Waals surface area contributed by atoms with Crippen LogP contribution in [-0.2, 0) is 20.7 Å². The average Bonchev–Trinajstić information content (AvgIpc) is 2.49. The summed E-state index contributed by atoms with van der Waals surface area (Å²) in [5.41, 5.74) is 2.29. The molecule has 4 nitrogen and oxygen atoms in total. The van der Waals surface area contributed by atoms with Gasteiger partial charge in [-0.2, -0.15) is 0 Å². The number of halogens is 1. The van der Waals surface area contributed by atoms with Crippen molar-refractivity contribution in [3.05, 3.63) is 65.5 Å². The second-order valence-electron chi connectivity index (χ2n) is 5.29. The Morgan fingerprint density at radius 2 is 1.87 bits per heavy atom. The molecule has 2 rings (SSSR count). The van der Waals surface area contributed by atoms with Crippen LogP contribution in [-0.4, -0.2) is 18.0 Å². The van der Waals surface area contributed by atoms with Gasteiger partial charge in [0.15, 0.2) is 6.10 Å². The lowest BCUT2D eigenvalue weighted by molar-refractivity contribution is -0.152. The summed E-state index contributed by atoms with van der Waals surface area (Å²) >= 11 is 0. The van der Waals surface area contributed by atoms with Crippen molar-refractivity contribution in [2.45, 2.75) is 26.4 Å². The molecule has 0 aliphatic heterocycles. The molecule has 0 heterocycles. The number of ether oxygens (including phenoxy) is 1. The molecule has 1 N–H and O–H groups in total. The molecule has 120 valence electrons. The fraction of sp³-hybridized carbons (Fsp3) is 0.222. The lowest BCUT2D eigenvalue weighted by Gasteiger charge is -2.14. The van der Waals surface area contributed by atoms with Gasteiger partial charge in [0.2, 0.25) is 0 Å². The quantitative estimate of drug-likeness (QED) is 0.862. The topological polar surface area (TPSA) is 55.4 Å². The van der Waals surface area contributed by atoms with E-state index in [1.54, 1.807) is 6.07 Å². The average molecular weight is 315 g/mol. The Kier molecular flexibility index (Phi) is 5.46. The van der Waals surface area contributed by atoms with Crippen molar-refractivity contribution in [2.75, 3.05) is 5.32 Å². The van der Waals surface area contributed by atoms with Gasteiger partial charge in [0.1, 0.15) is 5.82 Å². The predicted molar refractivity (Wildman–Crippen MR) is 85.5 cm³/mol. The maximum atomic E-state index is 12.8. The van der Waals surface area contributed by atoms with Crippen LogP contribution in [0.2, 0.25) is 0 Å². The first-order valence-electron chi connectivity index (χ1n) is 7.25. The van der Waals surface area contributed by atoms with Gasteiger partial charge < -0.3 is 10.1 Å². The number of anilines is 1. The summed E-state index contributed by atoms with van der Waals surface area (Å²) in [7, 11) is 0. The number of benzene rings is 2. The van der Waals surface area contributed by atoms with Crippen LogP contribution < -0.4 is 5.32 Å². The molecule has 1 atom stereocenters. The Balaban J connectivity index is 1.87. The number of rotatable bonds is 5. The molecule has 0 unspecified atom stereocenters. The Morgan fingerprint density at radius 3 is 2.52 bits per heavy atom. The van der Waals surface area contributed by atoms with Gasteiger partial charge in [0.05, 0.1) is 6.42 Å². The van der Waals surface area contributed by atoms with Crippen LogP contribution >= 0.6 is 0 Å². The van der Waals surface area contributed by atoms with E-state index in [1.807, 2.05) is 25.1 Å². The molecular formula is C18H18FNO3. The van der Waals surface area contributed by atoms with E-state index in [0.29, 0.717) is 11.3 Å². The van der Waals surface area contributed by atoms with Gasteiger partial charge in [-0.15, -0.1) is 0 Å². The Labute approximate surface area is 134 Å². The van der Waals surface area contributed by atoms with Crippen LogP contribution in [0.25, 0.3) is 0 Å². The van der Waals surface area contributed by atoms with E-state index in [1.165, 1.54) is 31.2 Å². The SMILES string of the molecule is Cc1cccc(NC(=O)[C@@H](C)OC(=O)Cc2ccc(F)cc2)c1. The molecule has 0 spiro atoms. The molecular weight excluding hydrogens is 297 g/mol. The summed E-state index contributed by atoms with van der Waals surface area (Å²) in [4.78, 5) is 23.8. The summed E-state index contributed by atoms with van der Waals surface area (Å²) in [6.45, 7) is 3.43. The first-order chi connectivity index (χ1) is 10.9. The number of carbonyl (C=O) groups is 2. The van der Waals surface area contributed by atoms with Gasteiger partial charge in [0.25, 0.3) is 5.91 Å². The van der Waals surface area contributed by atoms with Crippen molar-refractivity contribution >= 4 is 17.6 Å². The second-order valence-corrected chi connectivity index (χ2v) is 5.29. The lowest BCUT2D eigenvalue weighted by Crippen LogP contribution is -2.30. The van der Waals surface area contributed by atoms with E-state index in [0.717, 1.165) is 5.56 Å². The second kappa shape index (κ2) is 7.54. The van der Waals surface area contributed by atoms with E-state index in [9.17, 15) is 14.0 Å². The highest BCUT2D eigenvalue weighted by molar-refractivity contribution is 5.95. The van der Waals surface area contributed by atoms with E-state index >= 15 is 0 Å². The number of nitrogens with one attached hydrogen (secondary N) is 1. The minimum absolute atomic E-state index is 0.0116. The summed E-state index contributed by atoms with van der Waals surface area (Å²) in [5, 5.41) is 2.69. The number of hydrogen-bond donors (Lipinski definition) is 1. The maximum Gasteiger partial charge on any atom is 0.311 e. The van der Waals surface area contributed by atoms with Gasteiger partial charge in [0, 0.05) is 5.69 Å². The van der Waals surface area contributed by atoms with Gasteiger partial charge in [-0.1, -0.05) is 24.3 Å². The van der Waals surface area contributed by atoms with E-state index in [4.69, 9.17) is 4.74 Å².